The first-order valence-electron chi connectivity index (χ1n) is 5.45. The van der Waals surface area contributed by atoms with Crippen molar-refractivity contribution < 1.29 is 13.2 Å². The molecule has 1 atom stereocenters. The molecule has 3 nitrogen and oxygen atoms in total. The average Bonchev–Trinajstić information content (AvgIpc) is 2.82. The van der Waals surface area contributed by atoms with Crippen molar-refractivity contribution in [1.29, 1.82) is 0 Å². The topological polar surface area (TPSA) is 43.8 Å². The van der Waals surface area contributed by atoms with Gasteiger partial charge in [-0.25, -0.2) is 18.2 Å². The summed E-state index contributed by atoms with van der Waals surface area (Å²) in [6.07, 6.45) is 3.26. The zero-order valence-corrected chi connectivity index (χ0v) is 9.70. The highest BCUT2D eigenvalue weighted by Gasteiger charge is 2.18. The Balaban J connectivity index is 2.43. The smallest absolute Gasteiger partial charge is 0.194 e. The van der Waals surface area contributed by atoms with Crippen LogP contribution in [0.15, 0.2) is 24.5 Å². The van der Waals surface area contributed by atoms with E-state index in [1.54, 1.807) is 17.0 Å². The molecule has 96 valence electrons. The minimum absolute atomic E-state index is 0.146. The van der Waals surface area contributed by atoms with E-state index < -0.39 is 23.5 Å². The van der Waals surface area contributed by atoms with Gasteiger partial charge in [0.15, 0.2) is 17.5 Å². The molecular formula is C12H12F3N3. The van der Waals surface area contributed by atoms with Gasteiger partial charge in [-0.3, -0.25) is 0 Å². The standard InChI is InChI=1S/C12H12F3N3/c1-2-18-4-3-17-12(18)11(16)7-5-8(13)10(15)9(14)6-7/h3-6,11H,2,16H2,1H3. The van der Waals surface area contributed by atoms with E-state index in [1.165, 1.54) is 0 Å². The van der Waals surface area contributed by atoms with E-state index in [9.17, 15) is 13.2 Å². The third-order valence-electron chi connectivity index (χ3n) is 2.73. The molecule has 0 spiro atoms. The predicted molar refractivity (Wildman–Crippen MR) is 60.2 cm³/mol. The predicted octanol–water partition coefficient (Wildman–Crippen LogP) is 2.37. The van der Waals surface area contributed by atoms with E-state index in [0.717, 1.165) is 12.1 Å². The molecule has 0 saturated carbocycles. The zero-order chi connectivity index (χ0) is 13.3. The summed E-state index contributed by atoms with van der Waals surface area (Å²) in [6.45, 7) is 2.53. The maximum Gasteiger partial charge on any atom is 0.194 e. The van der Waals surface area contributed by atoms with Gasteiger partial charge in [0.1, 0.15) is 5.82 Å². The Hall–Kier alpha value is -1.82. The van der Waals surface area contributed by atoms with Crippen LogP contribution >= 0.6 is 0 Å². The van der Waals surface area contributed by atoms with Crippen LogP contribution in [0.2, 0.25) is 0 Å². The van der Waals surface area contributed by atoms with Crippen LogP contribution in [-0.2, 0) is 6.54 Å². The molecule has 1 aromatic heterocycles. The molecule has 18 heavy (non-hydrogen) atoms. The first-order chi connectivity index (χ1) is 8.54. The quantitative estimate of drug-likeness (QED) is 0.856. The molecule has 0 radical (unpaired) electrons. The van der Waals surface area contributed by atoms with Gasteiger partial charge in [0.25, 0.3) is 0 Å². The van der Waals surface area contributed by atoms with Gasteiger partial charge in [0, 0.05) is 18.9 Å². The average molecular weight is 255 g/mol. The summed E-state index contributed by atoms with van der Waals surface area (Å²) >= 11 is 0. The summed E-state index contributed by atoms with van der Waals surface area (Å²) in [6, 6.07) is 0.972. The lowest BCUT2D eigenvalue weighted by atomic mass is 10.1. The van der Waals surface area contributed by atoms with Crippen molar-refractivity contribution in [1.82, 2.24) is 9.55 Å². The van der Waals surface area contributed by atoms with Crippen LogP contribution in [0.5, 0.6) is 0 Å². The maximum absolute atomic E-state index is 13.1. The number of aryl methyl sites for hydroxylation is 1. The van der Waals surface area contributed by atoms with Crippen LogP contribution in [0.4, 0.5) is 13.2 Å². The van der Waals surface area contributed by atoms with Crippen molar-refractivity contribution in [2.24, 2.45) is 5.73 Å². The second-order valence-corrected chi connectivity index (χ2v) is 3.85. The molecule has 0 fully saturated rings. The first kappa shape index (κ1) is 12.6. The lowest BCUT2D eigenvalue weighted by Gasteiger charge is -2.14. The molecule has 1 unspecified atom stereocenters. The number of rotatable bonds is 3. The molecule has 0 aliphatic rings. The Kier molecular flexibility index (Phi) is 3.38. The summed E-state index contributed by atoms with van der Waals surface area (Å²) in [5.41, 5.74) is 6.03. The van der Waals surface area contributed by atoms with Gasteiger partial charge in [-0.05, 0) is 24.6 Å². The number of halogens is 3. The molecule has 6 heteroatoms. The molecule has 0 bridgehead atoms. The number of aromatic nitrogens is 2. The molecule has 2 aromatic rings. The molecule has 1 aromatic carbocycles. The Morgan fingerprint density at radius 2 is 1.89 bits per heavy atom. The highest BCUT2D eigenvalue weighted by molar-refractivity contribution is 5.27. The van der Waals surface area contributed by atoms with Crippen molar-refractivity contribution in [2.45, 2.75) is 19.5 Å². The van der Waals surface area contributed by atoms with Crippen molar-refractivity contribution in [3.63, 3.8) is 0 Å². The summed E-state index contributed by atoms with van der Waals surface area (Å²) in [5, 5.41) is 0. The summed E-state index contributed by atoms with van der Waals surface area (Å²) < 4.78 is 40.9. The Morgan fingerprint density at radius 3 is 2.44 bits per heavy atom. The summed E-state index contributed by atoms with van der Waals surface area (Å²) in [7, 11) is 0. The van der Waals surface area contributed by atoms with Crippen LogP contribution in [-0.4, -0.2) is 9.55 Å². The Bertz CT molecular complexity index is 542. The monoisotopic (exact) mass is 255 g/mol. The zero-order valence-electron chi connectivity index (χ0n) is 9.70. The van der Waals surface area contributed by atoms with Gasteiger partial charge < -0.3 is 10.3 Å². The number of imidazole rings is 1. The van der Waals surface area contributed by atoms with Gasteiger partial charge in [0.05, 0.1) is 6.04 Å². The van der Waals surface area contributed by atoms with Crippen molar-refractivity contribution in [3.05, 3.63) is 53.4 Å². The van der Waals surface area contributed by atoms with E-state index in [1.807, 2.05) is 6.92 Å². The van der Waals surface area contributed by atoms with Crippen LogP contribution in [0.1, 0.15) is 24.4 Å². The van der Waals surface area contributed by atoms with Crippen molar-refractivity contribution in [2.75, 3.05) is 0 Å². The van der Waals surface area contributed by atoms with Crippen LogP contribution in [0.3, 0.4) is 0 Å². The van der Waals surface area contributed by atoms with Crippen molar-refractivity contribution >= 4 is 0 Å². The SMILES string of the molecule is CCn1ccnc1C(N)c1cc(F)c(F)c(F)c1. The largest absolute Gasteiger partial charge is 0.334 e. The van der Waals surface area contributed by atoms with Gasteiger partial charge in [0.2, 0.25) is 0 Å². The third kappa shape index (κ3) is 2.11. The highest BCUT2D eigenvalue weighted by Crippen LogP contribution is 2.22. The first-order valence-corrected chi connectivity index (χ1v) is 5.45. The normalized spacial score (nSPS) is 12.7. The molecule has 2 N–H and O–H groups in total. The van der Waals surface area contributed by atoms with Crippen LogP contribution < -0.4 is 5.73 Å². The van der Waals surface area contributed by atoms with Crippen LogP contribution in [0.25, 0.3) is 0 Å². The van der Waals surface area contributed by atoms with E-state index in [2.05, 4.69) is 4.98 Å². The van der Waals surface area contributed by atoms with Gasteiger partial charge >= 0.3 is 0 Å². The van der Waals surface area contributed by atoms with E-state index in [0.29, 0.717) is 12.4 Å². The number of nitrogens with two attached hydrogens (primary N) is 1. The van der Waals surface area contributed by atoms with E-state index in [4.69, 9.17) is 5.73 Å². The number of hydrogen-bond donors (Lipinski definition) is 1. The number of nitrogens with zero attached hydrogens (tertiary/aromatic N) is 2. The van der Waals surface area contributed by atoms with Gasteiger partial charge in [-0.1, -0.05) is 0 Å². The fourth-order valence-electron chi connectivity index (χ4n) is 1.77. The lowest BCUT2D eigenvalue weighted by Crippen LogP contribution is -2.18. The molecule has 2 rings (SSSR count). The summed E-state index contributed by atoms with van der Waals surface area (Å²) in [5.74, 6) is -3.53. The molecular weight excluding hydrogens is 243 g/mol. The fraction of sp³-hybridized carbons (Fsp3) is 0.250. The third-order valence-corrected chi connectivity index (χ3v) is 2.73. The highest BCUT2D eigenvalue weighted by atomic mass is 19.2. The second kappa shape index (κ2) is 4.81. The van der Waals surface area contributed by atoms with E-state index >= 15 is 0 Å². The minimum Gasteiger partial charge on any atom is -0.334 e. The molecule has 0 aliphatic carbocycles. The van der Waals surface area contributed by atoms with Gasteiger partial charge in [-0.15, -0.1) is 0 Å². The minimum atomic E-state index is -1.50. The molecule has 1 heterocycles. The van der Waals surface area contributed by atoms with Crippen LogP contribution in [0, 0.1) is 17.5 Å². The maximum atomic E-state index is 13.1. The number of hydrogen-bond acceptors (Lipinski definition) is 2. The number of benzene rings is 1. The van der Waals surface area contributed by atoms with E-state index in [-0.39, 0.29) is 5.56 Å². The Labute approximate surface area is 102 Å². The molecule has 0 aliphatic heterocycles. The molecule has 0 amide bonds. The van der Waals surface area contributed by atoms with Gasteiger partial charge in [-0.2, -0.15) is 0 Å². The lowest BCUT2D eigenvalue weighted by molar-refractivity contribution is 0.444. The van der Waals surface area contributed by atoms with Crippen molar-refractivity contribution in [3.8, 4) is 0 Å². The second-order valence-electron chi connectivity index (χ2n) is 3.85. The summed E-state index contributed by atoms with van der Waals surface area (Å²) in [4.78, 5) is 4.04. The Morgan fingerprint density at radius 1 is 1.28 bits per heavy atom. The fourth-order valence-corrected chi connectivity index (χ4v) is 1.77. The molecule has 0 saturated heterocycles.